The highest BCUT2D eigenvalue weighted by molar-refractivity contribution is 5.90. The SMILES string of the molecule is COc1ccccc1NC(=O)NC[C@H](c1ccco1)[NH+](C)C. The molecule has 0 aliphatic rings. The van der Waals surface area contributed by atoms with E-state index >= 15 is 0 Å². The van der Waals surface area contributed by atoms with Crippen LogP contribution in [0.25, 0.3) is 0 Å². The van der Waals surface area contributed by atoms with E-state index in [4.69, 9.17) is 9.15 Å². The van der Waals surface area contributed by atoms with Crippen LogP contribution in [0.3, 0.4) is 0 Å². The van der Waals surface area contributed by atoms with Crippen LogP contribution in [-0.4, -0.2) is 33.8 Å². The van der Waals surface area contributed by atoms with E-state index in [9.17, 15) is 4.79 Å². The molecule has 3 N–H and O–H groups in total. The monoisotopic (exact) mass is 304 g/mol. The second-order valence-electron chi connectivity index (χ2n) is 5.18. The Morgan fingerprint density at radius 2 is 2.05 bits per heavy atom. The number of anilines is 1. The Labute approximate surface area is 130 Å². The average Bonchev–Trinajstić information content (AvgIpc) is 3.01. The first-order chi connectivity index (χ1) is 10.6. The van der Waals surface area contributed by atoms with Crippen molar-refractivity contribution in [2.45, 2.75) is 6.04 Å². The van der Waals surface area contributed by atoms with Gasteiger partial charge >= 0.3 is 6.03 Å². The first kappa shape index (κ1) is 15.9. The van der Waals surface area contributed by atoms with Crippen molar-refractivity contribution in [1.29, 1.82) is 0 Å². The number of nitrogens with one attached hydrogen (secondary N) is 3. The van der Waals surface area contributed by atoms with E-state index in [1.807, 2.05) is 38.4 Å². The number of amides is 2. The van der Waals surface area contributed by atoms with Crippen LogP contribution < -0.4 is 20.3 Å². The van der Waals surface area contributed by atoms with Crippen LogP contribution in [0.2, 0.25) is 0 Å². The average molecular weight is 304 g/mol. The largest absolute Gasteiger partial charge is 0.495 e. The molecule has 6 heteroatoms. The number of quaternary nitrogens is 1. The van der Waals surface area contributed by atoms with Gasteiger partial charge in [-0.2, -0.15) is 0 Å². The lowest BCUT2D eigenvalue weighted by atomic mass is 10.2. The third-order valence-electron chi connectivity index (χ3n) is 3.41. The van der Waals surface area contributed by atoms with Gasteiger partial charge in [-0.25, -0.2) is 4.79 Å². The van der Waals surface area contributed by atoms with Gasteiger partial charge in [-0.1, -0.05) is 12.1 Å². The zero-order valence-corrected chi connectivity index (χ0v) is 13.1. The Kier molecular flexibility index (Phi) is 5.43. The number of furan rings is 1. The standard InChI is InChI=1S/C16H21N3O3/c1-19(2)13(15-9-6-10-22-15)11-17-16(20)18-12-7-4-5-8-14(12)21-3/h4-10,13H,11H2,1-3H3,(H2,17,18,20)/p+1/t13-/m1/s1. The van der Waals surface area contributed by atoms with E-state index in [0.29, 0.717) is 18.0 Å². The first-order valence-corrected chi connectivity index (χ1v) is 7.13. The van der Waals surface area contributed by atoms with Gasteiger partial charge in [-0.05, 0) is 24.3 Å². The van der Waals surface area contributed by atoms with Crippen molar-refractivity contribution < 1.29 is 18.8 Å². The Bertz CT molecular complexity index is 596. The molecule has 22 heavy (non-hydrogen) atoms. The lowest BCUT2D eigenvalue weighted by molar-refractivity contribution is -0.891. The molecule has 1 heterocycles. The predicted molar refractivity (Wildman–Crippen MR) is 84.3 cm³/mol. The smallest absolute Gasteiger partial charge is 0.319 e. The number of methoxy groups -OCH3 is 1. The molecule has 0 spiro atoms. The lowest BCUT2D eigenvalue weighted by Gasteiger charge is -2.20. The summed E-state index contributed by atoms with van der Waals surface area (Å²) in [4.78, 5) is 13.2. The van der Waals surface area contributed by atoms with Crippen LogP contribution in [0.15, 0.2) is 47.1 Å². The van der Waals surface area contributed by atoms with Crippen molar-refractivity contribution >= 4 is 11.7 Å². The fourth-order valence-corrected chi connectivity index (χ4v) is 2.19. The Balaban J connectivity index is 1.94. The molecule has 1 aromatic carbocycles. The second kappa shape index (κ2) is 7.51. The quantitative estimate of drug-likeness (QED) is 0.753. The molecular formula is C16H22N3O3+. The molecular weight excluding hydrogens is 282 g/mol. The van der Waals surface area contributed by atoms with Gasteiger partial charge in [0.15, 0.2) is 11.8 Å². The molecule has 1 atom stereocenters. The summed E-state index contributed by atoms with van der Waals surface area (Å²) >= 11 is 0. The summed E-state index contributed by atoms with van der Waals surface area (Å²) in [6, 6.07) is 10.8. The van der Waals surface area contributed by atoms with Crippen LogP contribution >= 0.6 is 0 Å². The third kappa shape index (κ3) is 4.02. The van der Waals surface area contributed by atoms with Gasteiger partial charge in [0.25, 0.3) is 0 Å². The minimum atomic E-state index is -0.276. The summed E-state index contributed by atoms with van der Waals surface area (Å²) in [6.45, 7) is 0.469. The van der Waals surface area contributed by atoms with E-state index in [-0.39, 0.29) is 12.1 Å². The molecule has 0 bridgehead atoms. The first-order valence-electron chi connectivity index (χ1n) is 7.13. The van der Waals surface area contributed by atoms with Gasteiger partial charge in [0.2, 0.25) is 0 Å². The number of urea groups is 1. The maximum absolute atomic E-state index is 12.1. The zero-order valence-electron chi connectivity index (χ0n) is 13.1. The molecule has 118 valence electrons. The molecule has 0 saturated heterocycles. The third-order valence-corrected chi connectivity index (χ3v) is 3.41. The molecule has 0 saturated carbocycles. The van der Waals surface area contributed by atoms with E-state index < -0.39 is 0 Å². The van der Waals surface area contributed by atoms with Crippen LogP contribution in [0, 0.1) is 0 Å². The molecule has 2 amide bonds. The number of hydrogen-bond donors (Lipinski definition) is 3. The van der Waals surface area contributed by atoms with E-state index in [0.717, 1.165) is 5.76 Å². The Hall–Kier alpha value is -2.47. The number of rotatable bonds is 6. The van der Waals surface area contributed by atoms with Gasteiger partial charge < -0.3 is 24.7 Å². The van der Waals surface area contributed by atoms with Crippen LogP contribution in [0.4, 0.5) is 10.5 Å². The van der Waals surface area contributed by atoms with Crippen molar-refractivity contribution in [3.05, 3.63) is 48.4 Å². The molecule has 2 aromatic rings. The molecule has 0 fully saturated rings. The number of ether oxygens (including phenoxy) is 1. The highest BCUT2D eigenvalue weighted by Gasteiger charge is 2.21. The number of carbonyl (C=O) groups excluding carboxylic acids is 1. The minimum absolute atomic E-state index is 0.0541. The van der Waals surface area contributed by atoms with E-state index in [2.05, 4.69) is 10.6 Å². The minimum Gasteiger partial charge on any atom is -0.495 e. The topological polar surface area (TPSA) is 67.9 Å². The molecule has 2 rings (SSSR count). The number of benzene rings is 1. The predicted octanol–water partition coefficient (Wildman–Crippen LogP) is 1.30. The fraction of sp³-hybridized carbons (Fsp3) is 0.312. The maximum atomic E-state index is 12.1. The highest BCUT2D eigenvalue weighted by atomic mass is 16.5. The molecule has 0 unspecified atom stereocenters. The summed E-state index contributed by atoms with van der Waals surface area (Å²) in [6.07, 6.45) is 1.64. The van der Waals surface area contributed by atoms with Crippen LogP contribution in [-0.2, 0) is 0 Å². The summed E-state index contributed by atoms with van der Waals surface area (Å²) < 4.78 is 10.6. The van der Waals surface area contributed by atoms with E-state index in [1.165, 1.54) is 4.90 Å². The number of hydrogen-bond acceptors (Lipinski definition) is 3. The van der Waals surface area contributed by atoms with Gasteiger partial charge in [0, 0.05) is 0 Å². The molecule has 0 radical (unpaired) electrons. The maximum Gasteiger partial charge on any atom is 0.319 e. The molecule has 6 nitrogen and oxygen atoms in total. The van der Waals surface area contributed by atoms with Crippen molar-refractivity contribution in [3.63, 3.8) is 0 Å². The summed E-state index contributed by atoms with van der Waals surface area (Å²) in [7, 11) is 5.61. The molecule has 1 aromatic heterocycles. The highest BCUT2D eigenvalue weighted by Crippen LogP contribution is 2.22. The fourth-order valence-electron chi connectivity index (χ4n) is 2.19. The summed E-state index contributed by atoms with van der Waals surface area (Å²) in [5, 5.41) is 5.65. The summed E-state index contributed by atoms with van der Waals surface area (Å²) in [5.74, 6) is 1.47. The zero-order chi connectivity index (χ0) is 15.9. The number of carbonyl (C=O) groups is 1. The van der Waals surface area contributed by atoms with Crippen molar-refractivity contribution in [2.24, 2.45) is 0 Å². The van der Waals surface area contributed by atoms with Crippen molar-refractivity contribution in [1.82, 2.24) is 5.32 Å². The Morgan fingerprint density at radius 3 is 2.68 bits per heavy atom. The number of likely N-dealkylation sites (N-methyl/N-ethyl adjacent to an activating group) is 1. The van der Waals surface area contributed by atoms with Crippen LogP contribution in [0.1, 0.15) is 11.8 Å². The normalized spacial score (nSPS) is 12.0. The van der Waals surface area contributed by atoms with Crippen molar-refractivity contribution in [3.8, 4) is 5.75 Å². The van der Waals surface area contributed by atoms with Crippen LogP contribution in [0.5, 0.6) is 5.75 Å². The second-order valence-corrected chi connectivity index (χ2v) is 5.18. The summed E-state index contributed by atoms with van der Waals surface area (Å²) in [5.41, 5.74) is 0.634. The van der Waals surface area contributed by atoms with Gasteiger partial charge in [-0.3, -0.25) is 0 Å². The molecule has 0 aliphatic carbocycles. The van der Waals surface area contributed by atoms with Crippen molar-refractivity contribution in [2.75, 3.05) is 33.1 Å². The lowest BCUT2D eigenvalue weighted by Crippen LogP contribution is -3.07. The Morgan fingerprint density at radius 1 is 1.27 bits per heavy atom. The van der Waals surface area contributed by atoms with Gasteiger partial charge in [0.05, 0.1) is 39.7 Å². The molecule has 0 aliphatic heterocycles. The van der Waals surface area contributed by atoms with Gasteiger partial charge in [0.1, 0.15) is 5.75 Å². The number of para-hydroxylation sites is 2. The van der Waals surface area contributed by atoms with E-state index in [1.54, 1.807) is 25.5 Å². The van der Waals surface area contributed by atoms with Gasteiger partial charge in [-0.15, -0.1) is 0 Å².